The highest BCUT2D eigenvalue weighted by atomic mass is 35.5. The minimum atomic E-state index is -2.12. The van der Waals surface area contributed by atoms with Crippen molar-refractivity contribution in [1.29, 1.82) is 0 Å². The van der Waals surface area contributed by atoms with E-state index < -0.39 is 87.5 Å². The van der Waals surface area contributed by atoms with Gasteiger partial charge in [0.05, 0.1) is 23.5 Å². The lowest BCUT2D eigenvalue weighted by Gasteiger charge is -2.67. The number of esters is 1. The first-order valence-electron chi connectivity index (χ1n) is 14.8. The molecule has 3 heterocycles. The molecule has 232 valence electrons. The molecule has 0 aromatic carbocycles. The van der Waals surface area contributed by atoms with Crippen LogP contribution in [0.1, 0.15) is 52.9 Å². The van der Waals surface area contributed by atoms with E-state index in [1.54, 1.807) is 6.92 Å². The van der Waals surface area contributed by atoms with Crippen LogP contribution in [0.2, 0.25) is 0 Å². The molecule has 7 aliphatic rings. The van der Waals surface area contributed by atoms with E-state index in [2.05, 4.69) is 0 Å². The van der Waals surface area contributed by atoms with Crippen molar-refractivity contribution in [3.63, 3.8) is 0 Å². The third-order valence-corrected chi connectivity index (χ3v) is 12.5. The maximum Gasteiger partial charge on any atom is 0.331 e. The first kappa shape index (κ1) is 29.3. The molecule has 14 atom stereocenters. The van der Waals surface area contributed by atoms with E-state index in [4.69, 9.17) is 35.3 Å². The number of methoxy groups -OCH3 is 1. The molecule has 0 aromatic rings. The first-order chi connectivity index (χ1) is 19.6. The lowest BCUT2D eigenvalue weighted by molar-refractivity contribution is -0.450. The predicted molar refractivity (Wildman–Crippen MR) is 144 cm³/mol. The maximum absolute atomic E-state index is 14.4. The van der Waals surface area contributed by atoms with Gasteiger partial charge in [-0.15, -0.1) is 11.6 Å². The van der Waals surface area contributed by atoms with E-state index in [9.17, 15) is 30.0 Å². The summed E-state index contributed by atoms with van der Waals surface area (Å²) in [6.45, 7) is 5.27. The molecule has 42 heavy (non-hydrogen) atoms. The van der Waals surface area contributed by atoms with Crippen LogP contribution in [-0.2, 0) is 33.3 Å². The Hall–Kier alpha value is -1.41. The van der Waals surface area contributed by atoms with Gasteiger partial charge >= 0.3 is 5.97 Å². The summed E-state index contributed by atoms with van der Waals surface area (Å²) >= 11 is 7.01. The topological polar surface area (TPSA) is 161 Å². The van der Waals surface area contributed by atoms with Crippen LogP contribution in [0.3, 0.4) is 0 Å². The molecule has 11 nitrogen and oxygen atoms in total. The lowest BCUT2D eigenvalue weighted by atomic mass is 9.41. The molecule has 0 aromatic heterocycles. The van der Waals surface area contributed by atoms with Gasteiger partial charge in [0.2, 0.25) is 12.1 Å². The molecule has 0 amide bonds. The van der Waals surface area contributed by atoms with Gasteiger partial charge < -0.3 is 44.1 Å². The van der Waals surface area contributed by atoms with Gasteiger partial charge in [-0.2, -0.15) is 0 Å². The Labute approximate surface area is 248 Å². The summed E-state index contributed by atoms with van der Waals surface area (Å²) in [5.74, 6) is -4.91. The minimum Gasteiger partial charge on any atom is -0.458 e. The number of Topliss-reactive ketones (excluding diaryl/α,β-unsaturated/α-hetero) is 1. The van der Waals surface area contributed by atoms with Crippen LogP contribution >= 0.6 is 11.6 Å². The fourth-order valence-electron chi connectivity index (χ4n) is 9.82. The van der Waals surface area contributed by atoms with Gasteiger partial charge in [-0.05, 0) is 44.1 Å². The van der Waals surface area contributed by atoms with Gasteiger partial charge in [-0.1, -0.05) is 25.5 Å². The number of rotatable bonds is 2. The van der Waals surface area contributed by atoms with E-state index in [-0.39, 0.29) is 32.0 Å². The number of fused-ring (bicyclic) bond motifs is 7. The summed E-state index contributed by atoms with van der Waals surface area (Å²) in [6, 6.07) is 0. The molecule has 0 spiro atoms. The Bertz CT molecular complexity index is 1290. The van der Waals surface area contributed by atoms with Gasteiger partial charge in [0.15, 0.2) is 5.78 Å². The van der Waals surface area contributed by atoms with E-state index in [0.717, 1.165) is 5.57 Å². The molecule has 3 saturated carbocycles. The summed E-state index contributed by atoms with van der Waals surface area (Å²) in [5, 5.41) is 47.5. The SMILES string of the molecule is CO[C@@H]1C[C@@H](C)O[C@H]2O[C@@H]3C=C4C[C@@H](Cl)[C@]5(O)[C@H](C(=O)[C@H](O)[C@]6(C)[C@@H](C7=CC(=O)OC7)CC[C@@]65O)[C@@]4(C)C[C@H]3O[C@]21O. The number of ketones is 1. The molecule has 2 saturated heterocycles. The Morgan fingerprint density at radius 3 is 2.55 bits per heavy atom. The molecule has 0 unspecified atom stereocenters. The van der Waals surface area contributed by atoms with Crippen molar-refractivity contribution in [1.82, 2.24) is 0 Å². The number of carbonyl (C=O) groups excluding carboxylic acids is 2. The third kappa shape index (κ3) is 3.35. The molecule has 4 N–H and O–H groups in total. The zero-order chi connectivity index (χ0) is 30.2. The van der Waals surface area contributed by atoms with E-state index in [1.165, 1.54) is 13.2 Å². The van der Waals surface area contributed by atoms with Crippen molar-refractivity contribution in [3.8, 4) is 0 Å². The second-order valence-electron chi connectivity index (χ2n) is 13.9. The van der Waals surface area contributed by atoms with Gasteiger partial charge in [0.25, 0.3) is 0 Å². The van der Waals surface area contributed by atoms with E-state index >= 15 is 0 Å². The summed E-state index contributed by atoms with van der Waals surface area (Å²) in [4.78, 5) is 26.3. The largest absolute Gasteiger partial charge is 0.458 e. The van der Waals surface area contributed by atoms with Crippen LogP contribution in [0.4, 0.5) is 0 Å². The smallest absolute Gasteiger partial charge is 0.331 e. The van der Waals surface area contributed by atoms with Gasteiger partial charge in [-0.25, -0.2) is 4.79 Å². The minimum absolute atomic E-state index is 0.00210. The highest BCUT2D eigenvalue weighted by Crippen LogP contribution is 2.71. The molecular formula is C30H39ClO11. The predicted octanol–water partition coefficient (Wildman–Crippen LogP) is 0.878. The molecule has 7 rings (SSSR count). The number of hydrogen-bond donors (Lipinski definition) is 4. The quantitative estimate of drug-likeness (QED) is 0.199. The van der Waals surface area contributed by atoms with Crippen LogP contribution < -0.4 is 0 Å². The fourth-order valence-corrected chi connectivity index (χ4v) is 10.3. The number of aliphatic hydroxyl groups is 4. The molecule has 0 radical (unpaired) electrons. The zero-order valence-electron chi connectivity index (χ0n) is 24.1. The summed E-state index contributed by atoms with van der Waals surface area (Å²) < 4.78 is 29.1. The number of carbonyl (C=O) groups is 2. The highest BCUT2D eigenvalue weighted by molar-refractivity contribution is 6.22. The second-order valence-corrected chi connectivity index (χ2v) is 14.4. The van der Waals surface area contributed by atoms with Crippen LogP contribution in [0.25, 0.3) is 0 Å². The summed E-state index contributed by atoms with van der Waals surface area (Å²) in [6.07, 6.45) is -0.863. The Kier molecular flexibility index (Phi) is 6.33. The van der Waals surface area contributed by atoms with Crippen molar-refractivity contribution in [3.05, 3.63) is 23.3 Å². The van der Waals surface area contributed by atoms with Crippen LogP contribution in [0.15, 0.2) is 23.3 Å². The van der Waals surface area contributed by atoms with Crippen LogP contribution in [-0.4, -0.2) is 105 Å². The highest BCUT2D eigenvalue weighted by Gasteiger charge is 2.81. The van der Waals surface area contributed by atoms with Crippen molar-refractivity contribution in [2.45, 2.75) is 112 Å². The van der Waals surface area contributed by atoms with Crippen molar-refractivity contribution >= 4 is 23.4 Å². The fraction of sp³-hybridized carbons (Fsp3) is 0.800. The van der Waals surface area contributed by atoms with E-state index in [1.807, 2.05) is 19.9 Å². The van der Waals surface area contributed by atoms with Crippen molar-refractivity contribution < 1.29 is 53.7 Å². The van der Waals surface area contributed by atoms with E-state index in [0.29, 0.717) is 18.4 Å². The summed E-state index contributed by atoms with van der Waals surface area (Å²) in [5.41, 5.74) is -5.38. The lowest BCUT2D eigenvalue weighted by Crippen LogP contribution is -2.82. The third-order valence-electron chi connectivity index (χ3n) is 12.0. The van der Waals surface area contributed by atoms with Gasteiger partial charge in [-0.3, -0.25) is 4.79 Å². The van der Waals surface area contributed by atoms with Crippen LogP contribution in [0, 0.1) is 22.7 Å². The van der Waals surface area contributed by atoms with Crippen molar-refractivity contribution in [2.75, 3.05) is 13.7 Å². The van der Waals surface area contributed by atoms with Gasteiger partial charge in [0.1, 0.15) is 36.1 Å². The number of ether oxygens (including phenoxy) is 5. The standard InChI is InChI=1S/C30H39ClO11/c1-13-7-20(38-4)30(37)25(40-13)41-17-9-15-10-19(31)29(36)23(26(15,2)11-18(17)42-30)22(33)24(34)27(3)16(5-6-28(27,29)35)14-8-21(32)39-12-14/h8-9,13,16-20,23-25,34-37H,5-7,10-12H2,1-4H3/t13-,16-,17-,18-,19-,20-,23-,24+,25+,26+,27+,28-,29+,30+/m1/s1. The average Bonchev–Trinajstić information content (AvgIpc) is 3.47. The number of cyclic esters (lactones) is 1. The zero-order valence-corrected chi connectivity index (χ0v) is 24.9. The number of hydrogen-bond acceptors (Lipinski definition) is 11. The number of halogens is 1. The Balaban J connectivity index is 1.30. The molecule has 5 fully saturated rings. The molecule has 3 aliphatic heterocycles. The number of alkyl halides is 1. The Morgan fingerprint density at radius 2 is 1.88 bits per heavy atom. The molecular weight excluding hydrogens is 572 g/mol. The molecule has 12 heteroatoms. The maximum atomic E-state index is 14.4. The Morgan fingerprint density at radius 1 is 1.14 bits per heavy atom. The second kappa shape index (κ2) is 9.08. The average molecular weight is 611 g/mol. The normalized spacial score (nSPS) is 56.7. The number of allylic oxidation sites excluding steroid dienone is 1. The molecule has 0 bridgehead atoms. The number of aliphatic hydroxyl groups excluding tert-OH is 1. The summed E-state index contributed by atoms with van der Waals surface area (Å²) in [7, 11) is 1.48. The van der Waals surface area contributed by atoms with Crippen LogP contribution in [0.5, 0.6) is 0 Å². The van der Waals surface area contributed by atoms with Crippen molar-refractivity contribution in [2.24, 2.45) is 22.7 Å². The molecule has 4 aliphatic carbocycles. The monoisotopic (exact) mass is 610 g/mol. The van der Waals surface area contributed by atoms with Gasteiger partial charge in [0, 0.05) is 30.4 Å². The first-order valence-corrected chi connectivity index (χ1v) is 15.2.